The molecule has 1 aromatic heterocycles. The van der Waals surface area contributed by atoms with Gasteiger partial charge in [0.25, 0.3) is 5.69 Å². The molecule has 0 aliphatic carbocycles. The van der Waals surface area contributed by atoms with Gasteiger partial charge in [0.05, 0.1) is 22.9 Å². The molecule has 0 bridgehead atoms. The van der Waals surface area contributed by atoms with Crippen LogP contribution in [0.2, 0.25) is 0 Å². The van der Waals surface area contributed by atoms with E-state index in [4.69, 9.17) is 4.74 Å². The Morgan fingerprint density at radius 1 is 0.846 bits per heavy atom. The summed E-state index contributed by atoms with van der Waals surface area (Å²) in [7, 11) is 0. The maximum absolute atomic E-state index is 11.4. The maximum atomic E-state index is 11.4. The average Bonchev–Trinajstić information content (AvgIpc) is 3.25. The van der Waals surface area contributed by atoms with Crippen molar-refractivity contribution < 1.29 is 14.5 Å². The number of non-ortho nitro benzene ring substituents is 1. The number of fused-ring (bicyclic) bond motifs is 3. The van der Waals surface area contributed by atoms with Gasteiger partial charge in [0.15, 0.2) is 0 Å². The van der Waals surface area contributed by atoms with Gasteiger partial charge >= 0.3 is 5.97 Å². The van der Waals surface area contributed by atoms with Gasteiger partial charge in [-0.25, -0.2) is 4.79 Å². The SMILES string of the molecule is C=C(C)C(=O)OCCCCCCCCCn1c2ccccc2c2cc(N=Nc3ccc([N+](=O)[O-])cc3)ccc21. The molecule has 0 spiro atoms. The zero-order valence-corrected chi connectivity index (χ0v) is 22.3. The van der Waals surface area contributed by atoms with Crippen LogP contribution in [0.4, 0.5) is 17.1 Å². The fourth-order valence-corrected chi connectivity index (χ4v) is 4.65. The fourth-order valence-electron chi connectivity index (χ4n) is 4.65. The summed E-state index contributed by atoms with van der Waals surface area (Å²) in [4.78, 5) is 21.8. The van der Waals surface area contributed by atoms with Gasteiger partial charge < -0.3 is 9.30 Å². The van der Waals surface area contributed by atoms with Gasteiger partial charge in [-0.3, -0.25) is 10.1 Å². The average molecular weight is 527 g/mol. The molecular formula is C31H34N4O4. The molecule has 1 heterocycles. The summed E-state index contributed by atoms with van der Waals surface area (Å²) in [5, 5.41) is 21.8. The maximum Gasteiger partial charge on any atom is 0.333 e. The van der Waals surface area contributed by atoms with E-state index in [1.807, 2.05) is 6.07 Å². The molecule has 0 unspecified atom stereocenters. The number of esters is 1. The van der Waals surface area contributed by atoms with Gasteiger partial charge in [0.1, 0.15) is 0 Å². The van der Waals surface area contributed by atoms with Crippen LogP contribution in [0.5, 0.6) is 0 Å². The van der Waals surface area contributed by atoms with Crippen LogP contribution in [0.3, 0.4) is 0 Å². The first-order valence-corrected chi connectivity index (χ1v) is 13.4. The summed E-state index contributed by atoms with van der Waals surface area (Å²) in [6, 6.07) is 20.6. The summed E-state index contributed by atoms with van der Waals surface area (Å²) in [6.45, 7) is 6.68. The molecule has 0 atom stereocenters. The number of nitro benzene ring substituents is 1. The number of rotatable bonds is 14. The molecule has 39 heavy (non-hydrogen) atoms. The number of aryl methyl sites for hydroxylation is 1. The van der Waals surface area contributed by atoms with Crippen LogP contribution < -0.4 is 0 Å². The zero-order valence-electron chi connectivity index (χ0n) is 22.3. The van der Waals surface area contributed by atoms with Crippen molar-refractivity contribution in [2.45, 2.75) is 58.4 Å². The second-order valence-electron chi connectivity index (χ2n) is 9.73. The number of carbonyl (C=O) groups excluding carboxylic acids is 1. The number of carbonyl (C=O) groups is 1. The number of unbranched alkanes of at least 4 members (excludes halogenated alkanes) is 6. The summed E-state index contributed by atoms with van der Waals surface area (Å²) in [5.41, 5.74) is 4.16. The van der Waals surface area contributed by atoms with E-state index in [9.17, 15) is 14.9 Å². The van der Waals surface area contributed by atoms with Crippen molar-refractivity contribution >= 4 is 44.8 Å². The lowest BCUT2D eigenvalue weighted by Crippen LogP contribution is -2.05. The predicted molar refractivity (Wildman–Crippen MR) is 155 cm³/mol. The molecule has 3 aromatic carbocycles. The third-order valence-corrected chi connectivity index (χ3v) is 6.71. The molecule has 202 valence electrons. The highest BCUT2D eigenvalue weighted by molar-refractivity contribution is 6.08. The van der Waals surface area contributed by atoms with E-state index in [0.717, 1.165) is 43.3 Å². The molecule has 0 radical (unpaired) electrons. The van der Waals surface area contributed by atoms with Gasteiger partial charge in [-0.1, -0.05) is 56.9 Å². The molecule has 4 aromatic rings. The molecule has 4 rings (SSSR count). The summed E-state index contributed by atoms with van der Waals surface area (Å²) in [6.07, 6.45) is 7.76. The van der Waals surface area contributed by atoms with Crippen LogP contribution in [0.15, 0.2) is 89.1 Å². The monoisotopic (exact) mass is 526 g/mol. The number of hydrogen-bond donors (Lipinski definition) is 0. The van der Waals surface area contributed by atoms with Crippen LogP contribution in [0.25, 0.3) is 21.8 Å². The summed E-state index contributed by atoms with van der Waals surface area (Å²) < 4.78 is 7.53. The van der Waals surface area contributed by atoms with E-state index in [1.54, 1.807) is 19.1 Å². The second-order valence-corrected chi connectivity index (χ2v) is 9.73. The first-order chi connectivity index (χ1) is 18.9. The molecule has 8 heteroatoms. The van der Waals surface area contributed by atoms with Crippen molar-refractivity contribution in [1.29, 1.82) is 0 Å². The largest absolute Gasteiger partial charge is 0.462 e. The van der Waals surface area contributed by atoms with Crippen LogP contribution in [0.1, 0.15) is 51.9 Å². The minimum Gasteiger partial charge on any atom is -0.462 e. The number of ether oxygens (including phenoxy) is 1. The van der Waals surface area contributed by atoms with Gasteiger partial charge in [-0.15, -0.1) is 0 Å². The highest BCUT2D eigenvalue weighted by atomic mass is 16.6. The highest BCUT2D eigenvalue weighted by Gasteiger charge is 2.11. The first-order valence-electron chi connectivity index (χ1n) is 13.4. The Balaban J connectivity index is 1.32. The molecule has 0 saturated heterocycles. The molecule has 0 aliphatic rings. The molecule has 0 amide bonds. The Labute approximate surface area is 228 Å². The minimum atomic E-state index is -0.431. The van der Waals surface area contributed by atoms with Crippen LogP contribution in [-0.4, -0.2) is 22.1 Å². The third kappa shape index (κ3) is 7.37. The predicted octanol–water partition coefficient (Wildman–Crippen LogP) is 8.97. The lowest BCUT2D eigenvalue weighted by Gasteiger charge is -2.08. The van der Waals surface area contributed by atoms with Crippen molar-refractivity contribution in [3.8, 4) is 0 Å². The quantitative estimate of drug-likeness (QED) is 0.0409. The Morgan fingerprint density at radius 2 is 1.46 bits per heavy atom. The number of azo groups is 1. The fraction of sp³-hybridized carbons (Fsp3) is 0.323. The standard InChI is InChI=1S/C31H34N4O4/c1-23(2)31(36)39-21-11-7-5-3-4-6-10-20-34-29-13-9-8-12-27(29)28-22-25(16-19-30(28)34)33-32-24-14-17-26(18-15-24)35(37)38/h8-9,12-19,22H,1,3-7,10-11,20-21H2,2H3. The molecule has 0 aliphatic heterocycles. The van der Waals surface area contributed by atoms with Crippen LogP contribution in [0, 0.1) is 10.1 Å². The lowest BCUT2D eigenvalue weighted by molar-refractivity contribution is -0.384. The number of aromatic nitrogens is 1. The van der Waals surface area contributed by atoms with Crippen molar-refractivity contribution in [2.24, 2.45) is 10.2 Å². The van der Waals surface area contributed by atoms with E-state index in [-0.39, 0.29) is 11.7 Å². The topological polar surface area (TPSA) is 99.1 Å². The van der Waals surface area contributed by atoms with Crippen molar-refractivity contribution in [3.05, 3.63) is 89.0 Å². The van der Waals surface area contributed by atoms with Crippen molar-refractivity contribution in [3.63, 3.8) is 0 Å². The van der Waals surface area contributed by atoms with Gasteiger partial charge in [0.2, 0.25) is 0 Å². The van der Waals surface area contributed by atoms with E-state index >= 15 is 0 Å². The minimum absolute atomic E-state index is 0.0296. The van der Waals surface area contributed by atoms with Crippen molar-refractivity contribution in [1.82, 2.24) is 4.57 Å². The number of nitrogens with zero attached hydrogens (tertiary/aromatic N) is 4. The third-order valence-electron chi connectivity index (χ3n) is 6.71. The van der Waals surface area contributed by atoms with Gasteiger partial charge in [0, 0.05) is 46.1 Å². The Hall–Kier alpha value is -4.33. The van der Waals surface area contributed by atoms with Crippen LogP contribution >= 0.6 is 0 Å². The first kappa shape index (κ1) is 27.7. The molecule has 0 fully saturated rings. The van der Waals surface area contributed by atoms with Gasteiger partial charge in [-0.05, 0) is 56.2 Å². The van der Waals surface area contributed by atoms with E-state index < -0.39 is 4.92 Å². The van der Waals surface area contributed by atoms with E-state index in [1.165, 1.54) is 47.8 Å². The van der Waals surface area contributed by atoms with Crippen molar-refractivity contribution in [2.75, 3.05) is 6.61 Å². The summed E-state index contributed by atoms with van der Waals surface area (Å²) >= 11 is 0. The lowest BCUT2D eigenvalue weighted by atomic mass is 10.1. The Morgan fingerprint density at radius 3 is 2.18 bits per heavy atom. The number of hydrogen-bond acceptors (Lipinski definition) is 6. The highest BCUT2D eigenvalue weighted by Crippen LogP contribution is 2.33. The molecular weight excluding hydrogens is 492 g/mol. The number of benzene rings is 3. The van der Waals surface area contributed by atoms with E-state index in [2.05, 4.69) is 57.8 Å². The Kier molecular flexibility index (Phi) is 9.56. The van der Waals surface area contributed by atoms with Crippen LogP contribution in [-0.2, 0) is 16.1 Å². The molecule has 8 nitrogen and oxygen atoms in total. The summed E-state index contributed by atoms with van der Waals surface area (Å²) in [5.74, 6) is -0.303. The normalized spacial score (nSPS) is 11.4. The Bertz CT molecular complexity index is 1490. The number of para-hydroxylation sites is 1. The van der Waals surface area contributed by atoms with Gasteiger partial charge in [-0.2, -0.15) is 10.2 Å². The zero-order chi connectivity index (χ0) is 27.6. The number of nitro groups is 1. The van der Waals surface area contributed by atoms with E-state index in [0.29, 0.717) is 17.9 Å². The smallest absolute Gasteiger partial charge is 0.333 e. The second kappa shape index (κ2) is 13.5. The molecule has 0 N–H and O–H groups in total. The molecule has 0 saturated carbocycles.